The van der Waals surface area contributed by atoms with Gasteiger partial charge in [0.25, 0.3) is 0 Å². The highest BCUT2D eigenvalue weighted by molar-refractivity contribution is 6.31. The maximum absolute atomic E-state index is 6.10. The molecule has 1 atom stereocenters. The Bertz CT molecular complexity index is 435. The summed E-state index contributed by atoms with van der Waals surface area (Å²) >= 11 is 5.97. The zero-order chi connectivity index (χ0) is 12.5. The van der Waals surface area contributed by atoms with Gasteiger partial charge < -0.3 is 10.6 Å². The number of nitrogens with two attached hydrogens (primary N) is 1. The van der Waals surface area contributed by atoms with E-state index in [1.165, 1.54) is 32.4 Å². The van der Waals surface area contributed by atoms with Crippen molar-refractivity contribution in [3.05, 3.63) is 23.2 Å². The van der Waals surface area contributed by atoms with E-state index in [2.05, 4.69) is 15.9 Å². The minimum absolute atomic E-state index is 0.711. The van der Waals surface area contributed by atoms with E-state index in [-0.39, 0.29) is 0 Å². The van der Waals surface area contributed by atoms with Gasteiger partial charge >= 0.3 is 0 Å². The highest BCUT2D eigenvalue weighted by Gasteiger charge is 2.29. The third kappa shape index (κ3) is 2.29. The van der Waals surface area contributed by atoms with Gasteiger partial charge in [0.15, 0.2) is 0 Å². The second-order valence-corrected chi connectivity index (χ2v) is 5.77. The molecule has 2 N–H and O–H groups in total. The van der Waals surface area contributed by atoms with Crippen molar-refractivity contribution in [3.63, 3.8) is 0 Å². The average Bonchev–Trinajstić information content (AvgIpc) is 2.67. The lowest BCUT2D eigenvalue weighted by Gasteiger charge is -2.28. The molecule has 2 heterocycles. The van der Waals surface area contributed by atoms with Gasteiger partial charge in [0.2, 0.25) is 0 Å². The first-order valence-corrected chi connectivity index (χ1v) is 7.16. The summed E-state index contributed by atoms with van der Waals surface area (Å²) in [7, 11) is 0. The van der Waals surface area contributed by atoms with Crippen molar-refractivity contribution >= 4 is 23.0 Å². The molecular weight excluding hydrogens is 246 g/mol. The third-order valence-corrected chi connectivity index (χ3v) is 4.37. The van der Waals surface area contributed by atoms with Crippen molar-refractivity contribution in [1.29, 1.82) is 0 Å². The normalized spacial score (nSPS) is 24.9. The van der Waals surface area contributed by atoms with Crippen LogP contribution >= 0.6 is 11.6 Å². The highest BCUT2D eigenvalue weighted by Crippen LogP contribution is 2.30. The first kappa shape index (κ1) is 12.1. The molecule has 2 fully saturated rings. The predicted octanol–water partition coefficient (Wildman–Crippen LogP) is 2.60. The molecule has 18 heavy (non-hydrogen) atoms. The van der Waals surface area contributed by atoms with Gasteiger partial charge in [-0.05, 0) is 44.0 Å². The monoisotopic (exact) mass is 265 g/mol. The summed E-state index contributed by atoms with van der Waals surface area (Å²) in [5.41, 5.74) is 8.05. The molecule has 4 heteroatoms. The number of nitrogen functional groups attached to an aromatic ring is 1. The van der Waals surface area contributed by atoms with Gasteiger partial charge in [-0.1, -0.05) is 11.6 Å². The predicted molar refractivity (Wildman–Crippen MR) is 77.3 cm³/mol. The van der Waals surface area contributed by atoms with Crippen LogP contribution in [0, 0.1) is 0 Å². The van der Waals surface area contributed by atoms with Gasteiger partial charge in [0.1, 0.15) is 0 Å². The molecule has 3 nitrogen and oxygen atoms in total. The molecule has 2 saturated heterocycles. The molecule has 1 aromatic carbocycles. The van der Waals surface area contributed by atoms with Crippen LogP contribution in [0.1, 0.15) is 19.3 Å². The van der Waals surface area contributed by atoms with Crippen LogP contribution in [0.25, 0.3) is 0 Å². The number of hydrogen-bond acceptors (Lipinski definition) is 3. The van der Waals surface area contributed by atoms with Crippen LogP contribution in [-0.4, -0.2) is 37.1 Å². The molecule has 3 rings (SSSR count). The van der Waals surface area contributed by atoms with Gasteiger partial charge in [-0.25, -0.2) is 0 Å². The van der Waals surface area contributed by atoms with Crippen molar-refractivity contribution in [1.82, 2.24) is 4.90 Å². The van der Waals surface area contributed by atoms with E-state index in [1.807, 2.05) is 12.1 Å². The second kappa shape index (κ2) is 4.98. The molecule has 0 bridgehead atoms. The van der Waals surface area contributed by atoms with Gasteiger partial charge in [0.05, 0.1) is 11.4 Å². The molecule has 0 amide bonds. The summed E-state index contributed by atoms with van der Waals surface area (Å²) in [6, 6.07) is 6.56. The van der Waals surface area contributed by atoms with Crippen LogP contribution in [0.5, 0.6) is 0 Å². The zero-order valence-corrected chi connectivity index (χ0v) is 11.4. The minimum Gasteiger partial charge on any atom is -0.397 e. The molecule has 0 aromatic heterocycles. The SMILES string of the molecule is Nc1cc(Cl)ccc1N1CCCN2CCCC2C1. The molecule has 98 valence electrons. The van der Waals surface area contributed by atoms with Crippen LogP contribution in [0.3, 0.4) is 0 Å². The maximum Gasteiger partial charge on any atom is 0.0601 e. The number of fused-ring (bicyclic) bond motifs is 1. The van der Waals surface area contributed by atoms with Gasteiger partial charge in [-0.2, -0.15) is 0 Å². The lowest BCUT2D eigenvalue weighted by Crippen LogP contribution is -2.36. The Labute approximate surface area is 114 Å². The van der Waals surface area contributed by atoms with E-state index in [0.29, 0.717) is 11.1 Å². The Kier molecular flexibility index (Phi) is 3.35. The molecule has 0 spiro atoms. The number of rotatable bonds is 1. The lowest BCUT2D eigenvalue weighted by atomic mass is 10.2. The Morgan fingerprint density at radius 1 is 1.17 bits per heavy atom. The molecule has 2 aliphatic heterocycles. The van der Waals surface area contributed by atoms with Crippen molar-refractivity contribution in [2.75, 3.05) is 36.8 Å². The topological polar surface area (TPSA) is 32.5 Å². The first-order chi connectivity index (χ1) is 8.74. The van der Waals surface area contributed by atoms with Crippen molar-refractivity contribution in [2.24, 2.45) is 0 Å². The fraction of sp³-hybridized carbons (Fsp3) is 0.571. The maximum atomic E-state index is 6.10. The summed E-state index contributed by atoms with van der Waals surface area (Å²) in [5.74, 6) is 0. The van der Waals surface area contributed by atoms with Crippen LogP contribution in [0.4, 0.5) is 11.4 Å². The van der Waals surface area contributed by atoms with Crippen molar-refractivity contribution in [3.8, 4) is 0 Å². The molecule has 0 saturated carbocycles. The van der Waals surface area contributed by atoms with Crippen LogP contribution in [-0.2, 0) is 0 Å². The fourth-order valence-corrected chi connectivity index (χ4v) is 3.42. The van der Waals surface area contributed by atoms with Crippen molar-refractivity contribution in [2.45, 2.75) is 25.3 Å². The average molecular weight is 266 g/mol. The van der Waals surface area contributed by atoms with E-state index in [4.69, 9.17) is 17.3 Å². The molecule has 1 aromatic rings. The van der Waals surface area contributed by atoms with E-state index in [1.54, 1.807) is 0 Å². The van der Waals surface area contributed by atoms with Gasteiger partial charge in [-0.15, -0.1) is 0 Å². The number of halogens is 1. The number of benzene rings is 1. The van der Waals surface area contributed by atoms with Crippen molar-refractivity contribution < 1.29 is 0 Å². The van der Waals surface area contributed by atoms with Gasteiger partial charge in [-0.3, -0.25) is 4.90 Å². The van der Waals surface area contributed by atoms with E-state index in [9.17, 15) is 0 Å². The third-order valence-electron chi connectivity index (χ3n) is 4.13. The van der Waals surface area contributed by atoms with Crippen LogP contribution in [0.2, 0.25) is 5.02 Å². The molecule has 1 unspecified atom stereocenters. The summed E-state index contributed by atoms with van der Waals surface area (Å²) in [5, 5.41) is 0.716. The van der Waals surface area contributed by atoms with E-state index < -0.39 is 0 Å². The van der Waals surface area contributed by atoms with Crippen LogP contribution < -0.4 is 10.6 Å². The zero-order valence-electron chi connectivity index (χ0n) is 10.6. The minimum atomic E-state index is 0.711. The summed E-state index contributed by atoms with van der Waals surface area (Å²) in [4.78, 5) is 5.06. The molecule has 0 radical (unpaired) electrons. The molecule has 2 aliphatic rings. The summed E-state index contributed by atoms with van der Waals surface area (Å²) in [6.45, 7) is 4.70. The smallest absolute Gasteiger partial charge is 0.0601 e. The first-order valence-electron chi connectivity index (χ1n) is 6.78. The Balaban J connectivity index is 1.82. The number of anilines is 2. The second-order valence-electron chi connectivity index (χ2n) is 5.33. The van der Waals surface area contributed by atoms with E-state index in [0.717, 1.165) is 24.5 Å². The standard InChI is InChI=1S/C14H20ClN3/c15-11-4-5-14(13(16)9-11)18-8-2-7-17-6-1-3-12(17)10-18/h4-5,9,12H,1-3,6-8,10,16H2. The number of hydrogen-bond donors (Lipinski definition) is 1. The van der Waals surface area contributed by atoms with Gasteiger partial charge in [0, 0.05) is 30.7 Å². The van der Waals surface area contributed by atoms with E-state index >= 15 is 0 Å². The number of nitrogens with zero attached hydrogens (tertiary/aromatic N) is 2. The van der Waals surface area contributed by atoms with Crippen LogP contribution in [0.15, 0.2) is 18.2 Å². The Morgan fingerprint density at radius 2 is 2.00 bits per heavy atom. The molecule has 0 aliphatic carbocycles. The summed E-state index contributed by atoms with van der Waals surface area (Å²) in [6.07, 6.45) is 3.89. The summed E-state index contributed by atoms with van der Waals surface area (Å²) < 4.78 is 0. The Hall–Kier alpha value is -0.930. The molecular formula is C14H20ClN3. The Morgan fingerprint density at radius 3 is 2.83 bits per heavy atom. The fourth-order valence-electron chi connectivity index (χ4n) is 3.24. The largest absolute Gasteiger partial charge is 0.397 e. The lowest BCUT2D eigenvalue weighted by molar-refractivity contribution is 0.273. The highest BCUT2D eigenvalue weighted by atomic mass is 35.5. The quantitative estimate of drug-likeness (QED) is 0.793.